The molecule has 0 spiro atoms. The predicted molar refractivity (Wildman–Crippen MR) is 77.3 cm³/mol. The van der Waals surface area contributed by atoms with Crippen molar-refractivity contribution in [3.05, 3.63) is 44.5 Å². The minimum absolute atomic E-state index is 0.0257. The normalized spacial score (nSPS) is 13.2. The molecule has 0 aliphatic rings. The van der Waals surface area contributed by atoms with E-state index in [9.17, 15) is 14.3 Å². The van der Waals surface area contributed by atoms with Gasteiger partial charge in [-0.1, -0.05) is 0 Å². The Morgan fingerprint density at radius 3 is 2.80 bits per heavy atom. The first-order chi connectivity index (χ1) is 9.43. The number of hydrogen-bond acceptors (Lipinski definition) is 4. The van der Waals surface area contributed by atoms with Crippen LogP contribution in [-0.2, 0) is 10.8 Å². The number of nitro groups is 1. The van der Waals surface area contributed by atoms with Crippen molar-refractivity contribution in [2.24, 2.45) is 0 Å². The van der Waals surface area contributed by atoms with Crippen molar-refractivity contribution in [1.82, 2.24) is 4.98 Å². The minimum atomic E-state index is -1.40. The third kappa shape index (κ3) is 2.46. The van der Waals surface area contributed by atoms with Gasteiger partial charge in [0.2, 0.25) is 0 Å². The summed E-state index contributed by atoms with van der Waals surface area (Å²) in [5.41, 5.74) is 2.12. The number of allylic oxidation sites excluding steroid dienone is 1. The number of nitrogens with one attached hydrogen (secondary N) is 1. The fourth-order valence-electron chi connectivity index (χ4n) is 1.95. The van der Waals surface area contributed by atoms with Crippen LogP contribution >= 0.6 is 0 Å². The van der Waals surface area contributed by atoms with E-state index in [1.807, 2.05) is 6.07 Å². The maximum atomic E-state index is 11.4. The molecular formula is C13H11N3O3S. The summed E-state index contributed by atoms with van der Waals surface area (Å²) in [5, 5.41) is 20.4. The Kier molecular flexibility index (Phi) is 3.68. The number of H-pyrrole nitrogens is 1. The van der Waals surface area contributed by atoms with Crippen LogP contribution in [0.4, 0.5) is 5.69 Å². The first-order valence-corrected chi connectivity index (χ1v) is 7.21. The van der Waals surface area contributed by atoms with Gasteiger partial charge in [0.05, 0.1) is 15.7 Å². The standard InChI is InChI=1S/C13H11N3O3S/c1-8-11(6-10(7-14)20(2)19)12-5-9(16(17)18)3-4-13(12)15-8/h3-6,15H,1-2H3/b10-6+. The quantitative estimate of drug-likeness (QED) is 0.533. The highest BCUT2D eigenvalue weighted by molar-refractivity contribution is 7.88. The maximum absolute atomic E-state index is 11.4. The summed E-state index contributed by atoms with van der Waals surface area (Å²) in [6.45, 7) is 1.80. The van der Waals surface area contributed by atoms with Gasteiger partial charge >= 0.3 is 0 Å². The van der Waals surface area contributed by atoms with E-state index < -0.39 is 15.7 Å². The predicted octanol–water partition coefficient (Wildman–Crippen LogP) is 2.63. The van der Waals surface area contributed by atoms with Crippen LogP contribution in [-0.4, -0.2) is 20.4 Å². The number of non-ortho nitro benzene ring substituents is 1. The Labute approximate surface area is 117 Å². The molecule has 0 saturated carbocycles. The van der Waals surface area contributed by atoms with Gasteiger partial charge in [0.15, 0.2) is 0 Å². The van der Waals surface area contributed by atoms with Crippen LogP contribution in [0.3, 0.4) is 0 Å². The van der Waals surface area contributed by atoms with Gasteiger partial charge in [-0.05, 0) is 19.1 Å². The Balaban J connectivity index is 2.72. The molecule has 0 bridgehead atoms. The van der Waals surface area contributed by atoms with Crippen LogP contribution in [0.15, 0.2) is 23.1 Å². The molecule has 1 aromatic carbocycles. The van der Waals surface area contributed by atoms with E-state index >= 15 is 0 Å². The molecule has 0 saturated heterocycles. The van der Waals surface area contributed by atoms with E-state index in [0.717, 1.165) is 11.2 Å². The fourth-order valence-corrected chi connectivity index (χ4v) is 2.36. The number of hydrogen-bond donors (Lipinski definition) is 1. The molecule has 6 nitrogen and oxygen atoms in total. The first-order valence-electron chi connectivity index (χ1n) is 5.66. The molecule has 0 fully saturated rings. The van der Waals surface area contributed by atoms with Crippen molar-refractivity contribution in [2.45, 2.75) is 6.92 Å². The number of aryl methyl sites for hydroxylation is 1. The maximum Gasteiger partial charge on any atom is 0.270 e. The topological polar surface area (TPSA) is 99.8 Å². The zero-order valence-electron chi connectivity index (χ0n) is 10.8. The van der Waals surface area contributed by atoms with E-state index in [2.05, 4.69) is 4.98 Å². The average Bonchev–Trinajstić information content (AvgIpc) is 2.70. The van der Waals surface area contributed by atoms with Crippen molar-refractivity contribution < 1.29 is 9.13 Å². The molecule has 102 valence electrons. The van der Waals surface area contributed by atoms with Gasteiger partial charge in [-0.3, -0.25) is 14.3 Å². The smallest absolute Gasteiger partial charge is 0.270 e. The SMILES string of the molecule is Cc1[nH]c2ccc([N+](=O)[O-])cc2c1/C=C(\C#N)S(C)=O. The van der Waals surface area contributed by atoms with Gasteiger partial charge in [0.25, 0.3) is 5.69 Å². The number of nitro benzene ring substituents is 1. The van der Waals surface area contributed by atoms with Crippen LogP contribution in [0.2, 0.25) is 0 Å². The monoisotopic (exact) mass is 289 g/mol. The lowest BCUT2D eigenvalue weighted by Crippen LogP contribution is -1.89. The third-order valence-electron chi connectivity index (χ3n) is 2.93. The van der Waals surface area contributed by atoms with Crippen molar-refractivity contribution in [1.29, 1.82) is 5.26 Å². The average molecular weight is 289 g/mol. The first kappa shape index (κ1) is 14.0. The number of nitrogens with zero attached hydrogens (tertiary/aromatic N) is 2. The zero-order chi connectivity index (χ0) is 14.9. The highest BCUT2D eigenvalue weighted by Crippen LogP contribution is 2.28. The Hall–Kier alpha value is -2.46. The zero-order valence-corrected chi connectivity index (χ0v) is 11.7. The fraction of sp³-hybridized carbons (Fsp3) is 0.154. The molecule has 7 heteroatoms. The molecule has 0 aliphatic heterocycles. The van der Waals surface area contributed by atoms with E-state index in [1.54, 1.807) is 13.0 Å². The van der Waals surface area contributed by atoms with E-state index in [-0.39, 0.29) is 10.6 Å². The molecule has 1 aromatic heterocycles. The van der Waals surface area contributed by atoms with Crippen LogP contribution in [0.1, 0.15) is 11.3 Å². The van der Waals surface area contributed by atoms with Crippen LogP contribution < -0.4 is 0 Å². The van der Waals surface area contributed by atoms with Gasteiger partial charge in [0.1, 0.15) is 11.0 Å². The lowest BCUT2D eigenvalue weighted by molar-refractivity contribution is -0.384. The summed E-state index contributed by atoms with van der Waals surface area (Å²) in [6, 6.07) is 6.35. The van der Waals surface area contributed by atoms with Gasteiger partial charge in [-0.25, -0.2) is 0 Å². The van der Waals surface area contributed by atoms with Crippen molar-refractivity contribution >= 4 is 33.5 Å². The molecule has 20 heavy (non-hydrogen) atoms. The summed E-state index contributed by atoms with van der Waals surface area (Å²) in [5.74, 6) is 0. The summed E-state index contributed by atoms with van der Waals surface area (Å²) in [6.07, 6.45) is 2.93. The minimum Gasteiger partial charge on any atom is -0.358 e. The van der Waals surface area contributed by atoms with Gasteiger partial charge in [-0.2, -0.15) is 5.26 Å². The van der Waals surface area contributed by atoms with Crippen molar-refractivity contribution in [3.63, 3.8) is 0 Å². The highest BCUT2D eigenvalue weighted by Gasteiger charge is 2.13. The summed E-state index contributed by atoms with van der Waals surface area (Å²) in [4.78, 5) is 13.6. The molecule has 1 unspecified atom stereocenters. The molecule has 0 amide bonds. The number of benzene rings is 1. The number of rotatable bonds is 3. The van der Waals surface area contributed by atoms with Crippen LogP contribution in [0.25, 0.3) is 17.0 Å². The highest BCUT2D eigenvalue weighted by atomic mass is 32.2. The molecule has 1 heterocycles. The third-order valence-corrected chi connectivity index (χ3v) is 3.75. The summed E-state index contributed by atoms with van der Waals surface area (Å²) in [7, 11) is -1.40. The van der Waals surface area contributed by atoms with Crippen LogP contribution in [0.5, 0.6) is 0 Å². The Bertz CT molecular complexity index is 799. The summed E-state index contributed by atoms with van der Waals surface area (Å²) < 4.78 is 11.4. The van der Waals surface area contributed by atoms with E-state index in [1.165, 1.54) is 24.5 Å². The van der Waals surface area contributed by atoms with Crippen LogP contribution in [0, 0.1) is 28.4 Å². The molecule has 0 aliphatic carbocycles. The molecule has 1 N–H and O–H groups in total. The number of aromatic amines is 1. The molecule has 0 radical (unpaired) electrons. The van der Waals surface area contributed by atoms with Gasteiger partial charge in [-0.15, -0.1) is 0 Å². The molecular weight excluding hydrogens is 278 g/mol. The Morgan fingerprint density at radius 1 is 1.55 bits per heavy atom. The van der Waals surface area contributed by atoms with E-state index in [4.69, 9.17) is 5.26 Å². The number of fused-ring (bicyclic) bond motifs is 1. The molecule has 2 aromatic rings. The Morgan fingerprint density at radius 2 is 2.25 bits per heavy atom. The lowest BCUT2D eigenvalue weighted by Gasteiger charge is -1.96. The number of nitriles is 1. The lowest BCUT2D eigenvalue weighted by atomic mass is 10.1. The molecule has 1 atom stereocenters. The summed E-state index contributed by atoms with van der Waals surface area (Å²) >= 11 is 0. The van der Waals surface area contributed by atoms with Gasteiger partial charge < -0.3 is 4.98 Å². The van der Waals surface area contributed by atoms with E-state index in [0.29, 0.717) is 10.9 Å². The second kappa shape index (κ2) is 5.27. The largest absolute Gasteiger partial charge is 0.358 e. The van der Waals surface area contributed by atoms with Crippen molar-refractivity contribution in [3.8, 4) is 6.07 Å². The second-order valence-electron chi connectivity index (χ2n) is 4.23. The van der Waals surface area contributed by atoms with Crippen molar-refractivity contribution in [2.75, 3.05) is 6.26 Å². The number of aromatic nitrogens is 1. The second-order valence-corrected chi connectivity index (χ2v) is 5.57. The van der Waals surface area contributed by atoms with Gasteiger partial charge in [0, 0.05) is 40.5 Å². The molecule has 2 rings (SSSR count).